The number of rotatable bonds is 4. The van der Waals surface area contributed by atoms with Crippen LogP contribution in [0.3, 0.4) is 0 Å². The maximum Gasteiger partial charge on any atom is 0.154 e. The lowest BCUT2D eigenvalue weighted by Crippen LogP contribution is -2.22. The highest BCUT2D eigenvalue weighted by Gasteiger charge is 2.29. The lowest BCUT2D eigenvalue weighted by molar-refractivity contribution is 0.207. The Balaban J connectivity index is 1.59. The van der Waals surface area contributed by atoms with Crippen LogP contribution in [0.5, 0.6) is 0 Å². The molecule has 6 heteroatoms. The molecule has 0 unspecified atom stereocenters. The van der Waals surface area contributed by atoms with Crippen LogP contribution in [0.15, 0.2) is 45.5 Å². The largest absolute Gasteiger partial charge is 0.359 e. The van der Waals surface area contributed by atoms with E-state index in [0.29, 0.717) is 6.04 Å². The van der Waals surface area contributed by atoms with Gasteiger partial charge in [-0.1, -0.05) is 33.2 Å². The normalized spacial score (nSPS) is 18.3. The van der Waals surface area contributed by atoms with Crippen LogP contribution in [-0.4, -0.2) is 26.8 Å². The average molecular weight is 387 g/mol. The van der Waals surface area contributed by atoms with Gasteiger partial charge in [0.1, 0.15) is 0 Å². The molecule has 24 heavy (non-hydrogen) atoms. The van der Waals surface area contributed by atoms with Gasteiger partial charge in [-0.25, -0.2) is 0 Å². The fourth-order valence-electron chi connectivity index (χ4n) is 3.42. The molecule has 5 nitrogen and oxygen atoms in total. The molecule has 0 amide bonds. The number of aromatic nitrogens is 3. The Kier molecular flexibility index (Phi) is 4.24. The molecule has 3 aromatic rings. The van der Waals surface area contributed by atoms with Gasteiger partial charge in [0.15, 0.2) is 5.76 Å². The van der Waals surface area contributed by atoms with E-state index >= 15 is 0 Å². The highest BCUT2D eigenvalue weighted by molar-refractivity contribution is 9.10. The molecule has 124 valence electrons. The number of aryl methyl sites for hydroxylation is 1. The molecule has 2 aromatic heterocycles. The summed E-state index contributed by atoms with van der Waals surface area (Å²) in [6.07, 6.45) is 4.21. The smallest absolute Gasteiger partial charge is 0.154 e. The van der Waals surface area contributed by atoms with Gasteiger partial charge in [-0.3, -0.25) is 10.00 Å². The minimum Gasteiger partial charge on any atom is -0.359 e. The Labute approximate surface area is 149 Å². The Bertz CT molecular complexity index is 841. The van der Waals surface area contributed by atoms with Crippen LogP contribution in [0.25, 0.3) is 11.3 Å². The molecule has 0 aliphatic carbocycles. The first-order valence-electron chi connectivity index (χ1n) is 8.16. The second-order valence-corrected chi connectivity index (χ2v) is 7.20. The average Bonchev–Trinajstić information content (AvgIpc) is 3.28. The summed E-state index contributed by atoms with van der Waals surface area (Å²) in [6, 6.07) is 10.6. The molecule has 1 aliphatic heterocycles. The number of hydrogen-bond acceptors (Lipinski definition) is 4. The topological polar surface area (TPSA) is 58.0 Å². The second kappa shape index (κ2) is 6.53. The Morgan fingerprint density at radius 3 is 3.08 bits per heavy atom. The zero-order valence-corrected chi connectivity index (χ0v) is 15.1. The predicted molar refractivity (Wildman–Crippen MR) is 95.3 cm³/mol. The van der Waals surface area contributed by atoms with Gasteiger partial charge < -0.3 is 4.52 Å². The molecule has 0 bridgehead atoms. The van der Waals surface area contributed by atoms with Crippen LogP contribution in [0, 0.1) is 6.92 Å². The summed E-state index contributed by atoms with van der Waals surface area (Å²) in [5.74, 6) is 0.970. The molecule has 3 heterocycles. The van der Waals surface area contributed by atoms with Gasteiger partial charge in [0.05, 0.1) is 23.6 Å². The molecule has 4 rings (SSSR count). The van der Waals surface area contributed by atoms with E-state index in [4.69, 9.17) is 4.52 Å². The van der Waals surface area contributed by atoms with E-state index in [1.165, 1.54) is 12.0 Å². The molecular weight excluding hydrogens is 368 g/mol. The number of hydrogen-bond donors (Lipinski definition) is 1. The summed E-state index contributed by atoms with van der Waals surface area (Å²) < 4.78 is 6.57. The van der Waals surface area contributed by atoms with Crippen molar-refractivity contribution in [2.24, 2.45) is 0 Å². The van der Waals surface area contributed by atoms with Gasteiger partial charge in [-0.15, -0.1) is 0 Å². The quantitative estimate of drug-likeness (QED) is 0.718. The number of H-pyrrole nitrogens is 1. The van der Waals surface area contributed by atoms with E-state index in [1.54, 1.807) is 0 Å². The lowest BCUT2D eigenvalue weighted by atomic mass is 10.1. The first-order valence-corrected chi connectivity index (χ1v) is 8.95. The van der Waals surface area contributed by atoms with E-state index in [-0.39, 0.29) is 0 Å². The summed E-state index contributed by atoms with van der Waals surface area (Å²) in [4.78, 5) is 2.45. The van der Waals surface area contributed by atoms with Crippen molar-refractivity contribution in [1.29, 1.82) is 0 Å². The summed E-state index contributed by atoms with van der Waals surface area (Å²) in [7, 11) is 0. The number of halogens is 1. The van der Waals surface area contributed by atoms with Crippen molar-refractivity contribution in [2.45, 2.75) is 32.4 Å². The van der Waals surface area contributed by atoms with Crippen LogP contribution >= 0.6 is 15.9 Å². The summed E-state index contributed by atoms with van der Waals surface area (Å²) >= 11 is 3.54. The molecule has 0 saturated carbocycles. The highest BCUT2D eigenvalue weighted by Crippen LogP contribution is 2.35. The number of benzene rings is 1. The van der Waals surface area contributed by atoms with E-state index in [0.717, 1.165) is 46.7 Å². The molecule has 1 aliphatic rings. The predicted octanol–water partition coefficient (Wildman–Crippen LogP) is 4.47. The van der Waals surface area contributed by atoms with Crippen LogP contribution in [0.2, 0.25) is 0 Å². The van der Waals surface area contributed by atoms with Crippen molar-refractivity contribution < 1.29 is 4.52 Å². The van der Waals surface area contributed by atoms with Gasteiger partial charge >= 0.3 is 0 Å². The van der Waals surface area contributed by atoms with Crippen molar-refractivity contribution in [3.8, 4) is 11.3 Å². The fourth-order valence-corrected chi connectivity index (χ4v) is 3.82. The Morgan fingerprint density at radius 2 is 2.29 bits per heavy atom. The lowest BCUT2D eigenvalue weighted by Gasteiger charge is -2.22. The van der Waals surface area contributed by atoms with Crippen LogP contribution < -0.4 is 0 Å². The van der Waals surface area contributed by atoms with Gasteiger partial charge in [0.25, 0.3) is 0 Å². The van der Waals surface area contributed by atoms with Crippen molar-refractivity contribution in [2.75, 3.05) is 6.54 Å². The summed E-state index contributed by atoms with van der Waals surface area (Å²) in [5, 5.41) is 11.5. The Hall–Kier alpha value is -1.92. The SMILES string of the molecule is Cc1cc([C@H]2CCCN2Cc2cn[nH]c2-c2cccc(Br)c2)on1. The van der Waals surface area contributed by atoms with Gasteiger partial charge in [0.2, 0.25) is 0 Å². The maximum atomic E-state index is 5.51. The zero-order chi connectivity index (χ0) is 16.5. The number of aromatic amines is 1. The van der Waals surface area contributed by atoms with Gasteiger partial charge in [-0.2, -0.15) is 5.10 Å². The van der Waals surface area contributed by atoms with E-state index in [2.05, 4.69) is 48.3 Å². The van der Waals surface area contributed by atoms with Crippen molar-refractivity contribution >= 4 is 15.9 Å². The zero-order valence-electron chi connectivity index (χ0n) is 13.5. The summed E-state index contributed by atoms with van der Waals surface area (Å²) in [5.41, 5.74) is 4.37. The minimum atomic E-state index is 0.302. The first kappa shape index (κ1) is 15.6. The number of likely N-dealkylation sites (tertiary alicyclic amines) is 1. The molecule has 0 spiro atoms. The van der Waals surface area contributed by atoms with Crippen LogP contribution in [0.4, 0.5) is 0 Å². The molecular formula is C18H19BrN4O. The third-order valence-corrected chi connectivity index (χ3v) is 5.04. The maximum absolute atomic E-state index is 5.51. The van der Waals surface area contributed by atoms with Crippen molar-refractivity contribution in [3.63, 3.8) is 0 Å². The Morgan fingerprint density at radius 1 is 1.38 bits per heavy atom. The molecule has 0 radical (unpaired) electrons. The third-order valence-electron chi connectivity index (χ3n) is 4.54. The van der Waals surface area contributed by atoms with Gasteiger partial charge in [0, 0.05) is 28.2 Å². The second-order valence-electron chi connectivity index (χ2n) is 6.28. The third kappa shape index (κ3) is 3.03. The highest BCUT2D eigenvalue weighted by atomic mass is 79.9. The molecule has 1 N–H and O–H groups in total. The standard InChI is InChI=1S/C18H19BrN4O/c1-12-8-17(24-22-12)16-6-3-7-23(16)11-14-10-20-21-18(14)13-4-2-5-15(19)9-13/h2,4-5,8-10,16H,3,6-7,11H2,1H3,(H,20,21)/t16-/m1/s1. The monoisotopic (exact) mass is 386 g/mol. The first-order chi connectivity index (χ1) is 11.7. The molecule has 1 saturated heterocycles. The van der Waals surface area contributed by atoms with E-state index in [1.807, 2.05) is 31.3 Å². The minimum absolute atomic E-state index is 0.302. The van der Waals surface area contributed by atoms with Gasteiger partial charge in [-0.05, 0) is 38.4 Å². The van der Waals surface area contributed by atoms with Crippen LogP contribution in [0.1, 0.15) is 35.9 Å². The molecule has 1 aromatic carbocycles. The van der Waals surface area contributed by atoms with E-state index in [9.17, 15) is 0 Å². The van der Waals surface area contributed by atoms with Crippen molar-refractivity contribution in [1.82, 2.24) is 20.3 Å². The number of nitrogens with zero attached hydrogens (tertiary/aromatic N) is 3. The van der Waals surface area contributed by atoms with Crippen LogP contribution in [-0.2, 0) is 6.54 Å². The molecule has 1 atom stereocenters. The van der Waals surface area contributed by atoms with Crippen molar-refractivity contribution in [3.05, 3.63) is 58.0 Å². The molecule has 1 fully saturated rings. The van der Waals surface area contributed by atoms with E-state index < -0.39 is 0 Å². The number of nitrogens with one attached hydrogen (secondary N) is 1. The fraction of sp³-hybridized carbons (Fsp3) is 0.333. The summed E-state index contributed by atoms with van der Waals surface area (Å²) in [6.45, 7) is 3.88.